The van der Waals surface area contributed by atoms with Crippen LogP contribution in [0, 0.1) is 13.8 Å². The minimum Gasteiger partial charge on any atom is -0.485 e. The lowest BCUT2D eigenvalue weighted by molar-refractivity contribution is 0.248. The zero-order valence-corrected chi connectivity index (χ0v) is 13.1. The van der Waals surface area contributed by atoms with Crippen LogP contribution in [-0.4, -0.2) is 5.16 Å². The van der Waals surface area contributed by atoms with E-state index in [-0.39, 0.29) is 5.63 Å². The van der Waals surface area contributed by atoms with Crippen LogP contribution in [0.25, 0.3) is 11.0 Å². The fourth-order valence-electron chi connectivity index (χ4n) is 2.64. The van der Waals surface area contributed by atoms with Gasteiger partial charge in [0.15, 0.2) is 5.76 Å². The lowest BCUT2D eigenvalue weighted by atomic mass is 10.1. The number of hydrogen-bond acceptors (Lipinski definition) is 5. The maximum atomic E-state index is 11.8. The molecule has 1 aliphatic rings. The van der Waals surface area contributed by atoms with Gasteiger partial charge in [-0.25, -0.2) is 4.79 Å². The Balaban J connectivity index is 1.56. The Morgan fingerprint density at radius 3 is 2.83 bits per heavy atom. The Morgan fingerprint density at radius 1 is 1.22 bits per heavy atom. The quantitative estimate of drug-likeness (QED) is 0.685. The van der Waals surface area contributed by atoms with E-state index in [4.69, 9.17) is 13.7 Å². The van der Waals surface area contributed by atoms with Crippen LogP contribution >= 0.6 is 0 Å². The van der Waals surface area contributed by atoms with Crippen molar-refractivity contribution in [2.24, 2.45) is 0 Å². The summed E-state index contributed by atoms with van der Waals surface area (Å²) in [5, 5.41) is 4.98. The van der Waals surface area contributed by atoms with E-state index in [9.17, 15) is 4.79 Å². The molecule has 1 saturated carbocycles. The maximum absolute atomic E-state index is 11.8. The van der Waals surface area contributed by atoms with Crippen molar-refractivity contribution >= 4 is 11.0 Å². The maximum Gasteiger partial charge on any atom is 0.339 e. The molecule has 1 aliphatic carbocycles. The van der Waals surface area contributed by atoms with E-state index in [1.807, 2.05) is 25.1 Å². The van der Waals surface area contributed by atoms with Crippen LogP contribution in [0.15, 0.2) is 38.0 Å². The van der Waals surface area contributed by atoms with Crippen molar-refractivity contribution < 1.29 is 13.7 Å². The van der Waals surface area contributed by atoms with E-state index >= 15 is 0 Å². The van der Waals surface area contributed by atoms with Crippen LogP contribution < -0.4 is 10.4 Å². The first-order valence-corrected chi connectivity index (χ1v) is 7.74. The number of aromatic nitrogens is 1. The van der Waals surface area contributed by atoms with Crippen molar-refractivity contribution in [3.05, 3.63) is 57.3 Å². The molecule has 2 aromatic heterocycles. The zero-order valence-electron chi connectivity index (χ0n) is 13.1. The lowest BCUT2D eigenvalue weighted by Gasteiger charge is -2.07. The standard InChI is InChI=1S/C18H17NO4/c1-10-11(2)18(20)22-17-8-13(5-6-15(10)17)21-9-14-7-16(19-23-14)12-3-4-12/h5-8,12H,3-4,9H2,1-2H3. The monoisotopic (exact) mass is 311 g/mol. The molecule has 5 heteroatoms. The van der Waals surface area contributed by atoms with Crippen molar-refractivity contribution in [1.29, 1.82) is 0 Å². The summed E-state index contributed by atoms with van der Waals surface area (Å²) in [7, 11) is 0. The molecule has 0 amide bonds. The highest BCUT2D eigenvalue weighted by Crippen LogP contribution is 2.39. The molecule has 1 fully saturated rings. The van der Waals surface area contributed by atoms with Gasteiger partial charge in [0.1, 0.15) is 17.9 Å². The van der Waals surface area contributed by atoms with E-state index < -0.39 is 0 Å². The molecule has 2 heterocycles. The number of ether oxygens (including phenoxy) is 1. The Bertz CT molecular complexity index is 934. The van der Waals surface area contributed by atoms with Gasteiger partial charge in [-0.2, -0.15) is 0 Å². The average Bonchev–Trinajstić information content (AvgIpc) is 3.29. The van der Waals surface area contributed by atoms with Gasteiger partial charge in [-0.3, -0.25) is 0 Å². The van der Waals surface area contributed by atoms with Gasteiger partial charge in [-0.15, -0.1) is 0 Å². The third-order valence-corrected chi connectivity index (χ3v) is 4.38. The molecular weight excluding hydrogens is 294 g/mol. The Labute approximate surface area is 132 Å². The summed E-state index contributed by atoms with van der Waals surface area (Å²) in [5.41, 5.74) is 2.81. The van der Waals surface area contributed by atoms with Crippen LogP contribution in [0.1, 0.15) is 41.3 Å². The molecule has 0 atom stereocenters. The van der Waals surface area contributed by atoms with Gasteiger partial charge in [0.2, 0.25) is 0 Å². The predicted molar refractivity (Wildman–Crippen MR) is 84.8 cm³/mol. The molecule has 0 radical (unpaired) electrons. The molecule has 4 rings (SSSR count). The smallest absolute Gasteiger partial charge is 0.339 e. The number of aryl methyl sites for hydroxylation is 1. The molecule has 23 heavy (non-hydrogen) atoms. The summed E-state index contributed by atoms with van der Waals surface area (Å²) in [4.78, 5) is 11.8. The van der Waals surface area contributed by atoms with Crippen molar-refractivity contribution in [3.63, 3.8) is 0 Å². The molecule has 0 aliphatic heterocycles. The Hall–Kier alpha value is -2.56. The summed E-state index contributed by atoms with van der Waals surface area (Å²) in [6.45, 7) is 4.00. The first kappa shape index (κ1) is 14.1. The van der Waals surface area contributed by atoms with Gasteiger partial charge >= 0.3 is 5.63 Å². The highest BCUT2D eigenvalue weighted by molar-refractivity contribution is 5.82. The third-order valence-electron chi connectivity index (χ3n) is 4.38. The number of fused-ring (bicyclic) bond motifs is 1. The highest BCUT2D eigenvalue weighted by atomic mass is 16.5. The summed E-state index contributed by atoms with van der Waals surface area (Å²) >= 11 is 0. The molecule has 3 aromatic rings. The van der Waals surface area contributed by atoms with Crippen LogP contribution in [0.2, 0.25) is 0 Å². The fraction of sp³-hybridized carbons (Fsp3) is 0.333. The lowest BCUT2D eigenvalue weighted by Crippen LogP contribution is -2.05. The average molecular weight is 311 g/mol. The fourth-order valence-corrected chi connectivity index (χ4v) is 2.64. The number of nitrogens with zero attached hydrogens (tertiary/aromatic N) is 1. The molecular formula is C18H17NO4. The van der Waals surface area contributed by atoms with E-state index in [0.29, 0.717) is 35.2 Å². The van der Waals surface area contributed by atoms with Gasteiger partial charge in [0.05, 0.1) is 5.69 Å². The summed E-state index contributed by atoms with van der Waals surface area (Å²) in [6.07, 6.45) is 2.38. The van der Waals surface area contributed by atoms with Gasteiger partial charge < -0.3 is 13.7 Å². The predicted octanol–water partition coefficient (Wildman–Crippen LogP) is 3.85. The second-order valence-electron chi connectivity index (χ2n) is 6.08. The van der Waals surface area contributed by atoms with Crippen LogP contribution in [0.4, 0.5) is 0 Å². The molecule has 0 spiro atoms. The van der Waals surface area contributed by atoms with Crippen molar-refractivity contribution in [3.8, 4) is 5.75 Å². The van der Waals surface area contributed by atoms with Crippen LogP contribution in [0.3, 0.4) is 0 Å². The second kappa shape index (κ2) is 5.26. The summed E-state index contributed by atoms with van der Waals surface area (Å²) in [6, 6.07) is 7.46. The molecule has 0 bridgehead atoms. The normalized spacial score (nSPS) is 14.3. The van der Waals surface area contributed by atoms with Crippen LogP contribution in [-0.2, 0) is 6.61 Å². The molecule has 118 valence electrons. The minimum atomic E-state index is -0.309. The number of hydrogen-bond donors (Lipinski definition) is 0. The second-order valence-corrected chi connectivity index (χ2v) is 6.08. The number of benzene rings is 1. The molecule has 0 saturated heterocycles. The number of rotatable bonds is 4. The molecule has 1 aromatic carbocycles. The van der Waals surface area contributed by atoms with Crippen LogP contribution in [0.5, 0.6) is 5.75 Å². The first-order valence-electron chi connectivity index (χ1n) is 7.74. The van der Waals surface area contributed by atoms with E-state index in [2.05, 4.69) is 5.16 Å². The van der Waals surface area contributed by atoms with Crippen molar-refractivity contribution in [2.45, 2.75) is 39.2 Å². The van der Waals surface area contributed by atoms with Gasteiger partial charge in [0, 0.05) is 29.0 Å². The van der Waals surface area contributed by atoms with Crippen molar-refractivity contribution in [1.82, 2.24) is 5.16 Å². The SMILES string of the molecule is Cc1c(C)c2ccc(OCc3cc(C4CC4)no3)cc2oc1=O. The minimum absolute atomic E-state index is 0.306. The van der Waals surface area contributed by atoms with Gasteiger partial charge in [-0.05, 0) is 44.4 Å². The highest BCUT2D eigenvalue weighted by Gasteiger charge is 2.27. The largest absolute Gasteiger partial charge is 0.485 e. The van der Waals surface area contributed by atoms with E-state index in [1.165, 1.54) is 12.8 Å². The third kappa shape index (κ3) is 2.63. The van der Waals surface area contributed by atoms with Crippen molar-refractivity contribution in [2.75, 3.05) is 0 Å². The van der Waals surface area contributed by atoms with Gasteiger partial charge in [0.25, 0.3) is 0 Å². The molecule has 0 N–H and O–H groups in total. The Kier molecular flexibility index (Phi) is 3.22. The zero-order chi connectivity index (χ0) is 16.0. The van der Waals surface area contributed by atoms with Gasteiger partial charge in [-0.1, -0.05) is 5.16 Å². The summed E-state index contributed by atoms with van der Waals surface area (Å²) in [5.74, 6) is 1.90. The van der Waals surface area contributed by atoms with E-state index in [0.717, 1.165) is 16.6 Å². The van der Waals surface area contributed by atoms with E-state index in [1.54, 1.807) is 13.0 Å². The summed E-state index contributed by atoms with van der Waals surface area (Å²) < 4.78 is 16.3. The molecule has 5 nitrogen and oxygen atoms in total. The Morgan fingerprint density at radius 2 is 2.04 bits per heavy atom. The first-order chi connectivity index (χ1) is 11.1. The molecule has 0 unspecified atom stereocenters. The topological polar surface area (TPSA) is 65.5 Å².